The number of aryl methyl sites for hydroxylation is 2. The van der Waals surface area contributed by atoms with Crippen LogP contribution in [0.1, 0.15) is 24.5 Å². The lowest BCUT2D eigenvalue weighted by atomic mass is 9.97. The van der Waals surface area contributed by atoms with Crippen LogP contribution in [0.3, 0.4) is 0 Å². The third-order valence-corrected chi connectivity index (χ3v) is 4.25. The molecule has 0 spiro atoms. The Balaban J connectivity index is 1.88. The summed E-state index contributed by atoms with van der Waals surface area (Å²) in [6, 6.07) is 6.15. The normalized spacial score (nSPS) is 16.6. The van der Waals surface area contributed by atoms with Crippen molar-refractivity contribution in [3.05, 3.63) is 29.3 Å². The second kappa shape index (κ2) is 7.46. The van der Waals surface area contributed by atoms with Crippen molar-refractivity contribution in [3.8, 4) is 5.75 Å². The van der Waals surface area contributed by atoms with Crippen molar-refractivity contribution < 1.29 is 9.53 Å². The van der Waals surface area contributed by atoms with Gasteiger partial charge < -0.3 is 15.0 Å². The number of ether oxygens (including phenoxy) is 1. The van der Waals surface area contributed by atoms with Crippen molar-refractivity contribution in [1.29, 1.82) is 0 Å². The summed E-state index contributed by atoms with van der Waals surface area (Å²) in [4.78, 5) is 14.4. The number of nitrogens with one attached hydrogen (secondary N) is 1. The van der Waals surface area contributed by atoms with Gasteiger partial charge in [0.2, 0.25) is 5.91 Å². The van der Waals surface area contributed by atoms with Gasteiger partial charge in [-0.3, -0.25) is 4.79 Å². The predicted molar refractivity (Wildman–Crippen MR) is 84.7 cm³/mol. The van der Waals surface area contributed by atoms with Crippen LogP contribution in [0.4, 0.5) is 0 Å². The Morgan fingerprint density at radius 1 is 1.38 bits per heavy atom. The first-order chi connectivity index (χ1) is 10.1. The number of piperazine rings is 1. The van der Waals surface area contributed by atoms with Gasteiger partial charge in [0.25, 0.3) is 0 Å². The van der Waals surface area contributed by atoms with E-state index in [2.05, 4.69) is 24.4 Å². The monoisotopic (exact) mass is 290 g/mol. The van der Waals surface area contributed by atoms with Crippen LogP contribution in [0, 0.1) is 12.8 Å². The van der Waals surface area contributed by atoms with Crippen LogP contribution >= 0.6 is 0 Å². The Labute approximate surface area is 127 Å². The Hall–Kier alpha value is -1.55. The minimum absolute atomic E-state index is 0.0876. The molecule has 1 amide bonds. The van der Waals surface area contributed by atoms with E-state index in [1.54, 1.807) is 7.11 Å². The number of rotatable bonds is 5. The highest BCUT2D eigenvalue weighted by molar-refractivity contribution is 5.78. The second-order valence-corrected chi connectivity index (χ2v) is 5.81. The molecule has 1 aliphatic rings. The molecule has 0 radical (unpaired) electrons. The lowest BCUT2D eigenvalue weighted by molar-refractivity contribution is -0.135. The summed E-state index contributed by atoms with van der Waals surface area (Å²) in [5.74, 6) is 1.27. The summed E-state index contributed by atoms with van der Waals surface area (Å²) in [6.07, 6.45) is 1.84. The minimum atomic E-state index is 0.0876. The maximum Gasteiger partial charge on any atom is 0.225 e. The first kappa shape index (κ1) is 15.8. The summed E-state index contributed by atoms with van der Waals surface area (Å²) in [5, 5.41) is 3.28. The number of amides is 1. The van der Waals surface area contributed by atoms with Crippen LogP contribution in [0.15, 0.2) is 18.2 Å². The van der Waals surface area contributed by atoms with Gasteiger partial charge in [0.1, 0.15) is 5.75 Å². The zero-order valence-corrected chi connectivity index (χ0v) is 13.3. The smallest absolute Gasteiger partial charge is 0.225 e. The number of carbonyl (C=O) groups excluding carboxylic acids is 1. The van der Waals surface area contributed by atoms with Gasteiger partial charge >= 0.3 is 0 Å². The van der Waals surface area contributed by atoms with E-state index in [1.165, 1.54) is 11.1 Å². The molecule has 0 aromatic heterocycles. The van der Waals surface area contributed by atoms with Gasteiger partial charge in [-0.1, -0.05) is 13.0 Å². The summed E-state index contributed by atoms with van der Waals surface area (Å²) in [7, 11) is 1.68. The molecule has 1 saturated heterocycles. The van der Waals surface area contributed by atoms with Crippen molar-refractivity contribution in [2.45, 2.75) is 26.7 Å². The molecule has 1 fully saturated rings. The molecular formula is C17H26N2O2. The van der Waals surface area contributed by atoms with Crippen LogP contribution in [0.2, 0.25) is 0 Å². The molecule has 0 bridgehead atoms. The fourth-order valence-electron chi connectivity index (χ4n) is 2.77. The van der Waals surface area contributed by atoms with Crippen molar-refractivity contribution in [2.24, 2.45) is 5.92 Å². The molecule has 2 rings (SSSR count). The topological polar surface area (TPSA) is 41.6 Å². The molecule has 0 aliphatic carbocycles. The molecular weight excluding hydrogens is 264 g/mol. The van der Waals surface area contributed by atoms with E-state index in [9.17, 15) is 4.79 Å². The molecule has 1 heterocycles. The van der Waals surface area contributed by atoms with Crippen LogP contribution in [0.25, 0.3) is 0 Å². The van der Waals surface area contributed by atoms with E-state index >= 15 is 0 Å². The first-order valence-corrected chi connectivity index (χ1v) is 7.75. The van der Waals surface area contributed by atoms with Gasteiger partial charge in [0.05, 0.1) is 7.11 Å². The first-order valence-electron chi connectivity index (χ1n) is 7.75. The molecule has 1 N–H and O–H groups in total. The fraction of sp³-hybridized carbons (Fsp3) is 0.588. The van der Waals surface area contributed by atoms with Gasteiger partial charge in [-0.2, -0.15) is 0 Å². The third kappa shape index (κ3) is 4.21. The molecule has 1 aromatic rings. The number of hydrogen-bond acceptors (Lipinski definition) is 3. The maximum atomic E-state index is 12.4. The predicted octanol–water partition coefficient (Wildman–Crippen LogP) is 2.00. The second-order valence-electron chi connectivity index (χ2n) is 5.81. The van der Waals surface area contributed by atoms with Crippen LogP contribution in [-0.4, -0.2) is 44.1 Å². The fourth-order valence-corrected chi connectivity index (χ4v) is 2.77. The summed E-state index contributed by atoms with van der Waals surface area (Å²) >= 11 is 0. The standard InChI is InChI=1S/C17H26N2O2/c1-13(17(20)19-10-8-18-9-11-19)4-5-15-6-7-16(21-3)12-14(15)2/h6-7,12-13,18H,4-5,8-11H2,1-3H3. The van der Waals surface area contributed by atoms with E-state index in [0.717, 1.165) is 44.8 Å². The summed E-state index contributed by atoms with van der Waals surface area (Å²) in [5.41, 5.74) is 2.53. The molecule has 1 aromatic carbocycles. The van der Waals surface area contributed by atoms with Crippen LogP contribution < -0.4 is 10.1 Å². The molecule has 1 aliphatic heterocycles. The maximum absolute atomic E-state index is 12.4. The number of methoxy groups -OCH3 is 1. The average Bonchev–Trinajstić information content (AvgIpc) is 2.53. The van der Waals surface area contributed by atoms with Crippen molar-refractivity contribution in [1.82, 2.24) is 10.2 Å². The van der Waals surface area contributed by atoms with Crippen LogP contribution in [-0.2, 0) is 11.2 Å². The summed E-state index contributed by atoms with van der Waals surface area (Å²) < 4.78 is 5.23. The Kier molecular flexibility index (Phi) is 5.62. The molecule has 0 saturated carbocycles. The minimum Gasteiger partial charge on any atom is -0.497 e. The van der Waals surface area contributed by atoms with Crippen molar-refractivity contribution in [2.75, 3.05) is 33.3 Å². The van der Waals surface area contributed by atoms with E-state index < -0.39 is 0 Å². The van der Waals surface area contributed by atoms with Gasteiger partial charge in [-0.15, -0.1) is 0 Å². The van der Waals surface area contributed by atoms with Gasteiger partial charge in [-0.25, -0.2) is 0 Å². The van der Waals surface area contributed by atoms with Gasteiger partial charge in [0, 0.05) is 32.1 Å². The summed E-state index contributed by atoms with van der Waals surface area (Å²) in [6.45, 7) is 7.64. The molecule has 1 atom stereocenters. The third-order valence-electron chi connectivity index (χ3n) is 4.25. The van der Waals surface area contributed by atoms with Crippen molar-refractivity contribution >= 4 is 5.91 Å². The van der Waals surface area contributed by atoms with E-state index in [0.29, 0.717) is 5.91 Å². The highest BCUT2D eigenvalue weighted by Gasteiger charge is 2.21. The average molecular weight is 290 g/mol. The van der Waals surface area contributed by atoms with E-state index in [-0.39, 0.29) is 5.92 Å². The lowest BCUT2D eigenvalue weighted by Gasteiger charge is -2.29. The molecule has 1 unspecified atom stereocenters. The Morgan fingerprint density at radius 3 is 2.71 bits per heavy atom. The van der Waals surface area contributed by atoms with Gasteiger partial charge in [-0.05, 0) is 43.0 Å². The molecule has 4 heteroatoms. The highest BCUT2D eigenvalue weighted by atomic mass is 16.5. The van der Waals surface area contributed by atoms with Crippen molar-refractivity contribution in [3.63, 3.8) is 0 Å². The zero-order valence-electron chi connectivity index (χ0n) is 13.3. The largest absolute Gasteiger partial charge is 0.497 e. The number of hydrogen-bond donors (Lipinski definition) is 1. The van der Waals surface area contributed by atoms with Crippen LogP contribution in [0.5, 0.6) is 5.75 Å². The van der Waals surface area contributed by atoms with E-state index in [1.807, 2.05) is 17.9 Å². The molecule has 116 valence electrons. The highest BCUT2D eigenvalue weighted by Crippen LogP contribution is 2.20. The molecule has 21 heavy (non-hydrogen) atoms. The zero-order chi connectivity index (χ0) is 15.2. The Bertz CT molecular complexity index is 482. The van der Waals surface area contributed by atoms with E-state index in [4.69, 9.17) is 4.74 Å². The number of carbonyl (C=O) groups is 1. The quantitative estimate of drug-likeness (QED) is 0.902. The van der Waals surface area contributed by atoms with Gasteiger partial charge in [0.15, 0.2) is 0 Å². The Morgan fingerprint density at radius 2 is 2.10 bits per heavy atom. The SMILES string of the molecule is COc1ccc(CCC(C)C(=O)N2CCNCC2)c(C)c1. The lowest BCUT2D eigenvalue weighted by Crippen LogP contribution is -2.48. The number of benzene rings is 1. The molecule has 4 nitrogen and oxygen atoms in total. The number of nitrogens with zero attached hydrogens (tertiary/aromatic N) is 1.